The average molecular weight is 316 g/mol. The molecule has 5 nitrogen and oxygen atoms in total. The van der Waals surface area contributed by atoms with Gasteiger partial charge in [-0.25, -0.2) is 17.5 Å². The third kappa shape index (κ3) is 5.81. The summed E-state index contributed by atoms with van der Waals surface area (Å²) in [5.74, 6) is -0.558. The second kappa shape index (κ2) is 7.51. The maximum absolute atomic E-state index is 13.0. The van der Waals surface area contributed by atoms with Gasteiger partial charge in [0.1, 0.15) is 5.82 Å². The van der Waals surface area contributed by atoms with E-state index in [1.165, 1.54) is 24.3 Å². The molecule has 0 fully saturated rings. The number of rotatable bonds is 7. The fourth-order valence-corrected chi connectivity index (χ4v) is 2.80. The van der Waals surface area contributed by atoms with Crippen molar-refractivity contribution in [3.8, 4) is 0 Å². The van der Waals surface area contributed by atoms with Crippen molar-refractivity contribution in [1.82, 2.24) is 9.62 Å². The Morgan fingerprint density at radius 1 is 1.24 bits per heavy atom. The SMILES string of the molecule is CCN(CC)C(=O)C[C@@H](NS(C)(=O)=O)c1ccc(F)cc1. The highest BCUT2D eigenvalue weighted by Crippen LogP contribution is 2.19. The Hall–Kier alpha value is -1.47. The molecule has 7 heteroatoms. The number of carbonyl (C=O) groups excluding carboxylic acids is 1. The molecule has 0 radical (unpaired) electrons. The number of sulfonamides is 1. The Morgan fingerprint density at radius 2 is 1.76 bits per heavy atom. The molecule has 1 rings (SSSR count). The molecule has 0 saturated heterocycles. The fraction of sp³-hybridized carbons (Fsp3) is 0.500. The van der Waals surface area contributed by atoms with Gasteiger partial charge in [-0.2, -0.15) is 0 Å². The van der Waals surface area contributed by atoms with Gasteiger partial charge in [-0.1, -0.05) is 12.1 Å². The van der Waals surface area contributed by atoms with Gasteiger partial charge in [0.25, 0.3) is 0 Å². The zero-order valence-electron chi connectivity index (χ0n) is 12.5. The highest BCUT2D eigenvalue weighted by molar-refractivity contribution is 7.88. The van der Waals surface area contributed by atoms with Crippen molar-refractivity contribution in [2.24, 2.45) is 0 Å². The predicted octanol–water partition coefficient (Wildman–Crippen LogP) is 1.67. The molecule has 1 amide bonds. The number of hydrogen-bond donors (Lipinski definition) is 1. The number of amides is 1. The van der Waals surface area contributed by atoms with E-state index in [0.717, 1.165) is 6.26 Å². The lowest BCUT2D eigenvalue weighted by atomic mass is 10.0. The van der Waals surface area contributed by atoms with E-state index in [1.54, 1.807) is 4.90 Å². The van der Waals surface area contributed by atoms with Gasteiger partial charge >= 0.3 is 0 Å². The Balaban J connectivity index is 2.97. The minimum atomic E-state index is -3.48. The molecule has 21 heavy (non-hydrogen) atoms. The van der Waals surface area contributed by atoms with E-state index in [2.05, 4.69) is 4.72 Å². The van der Waals surface area contributed by atoms with Gasteiger partial charge in [0.15, 0.2) is 0 Å². The number of hydrogen-bond acceptors (Lipinski definition) is 3. The largest absolute Gasteiger partial charge is 0.343 e. The van der Waals surface area contributed by atoms with Crippen molar-refractivity contribution in [3.63, 3.8) is 0 Å². The number of nitrogens with one attached hydrogen (secondary N) is 1. The molecule has 118 valence electrons. The molecule has 0 heterocycles. The van der Waals surface area contributed by atoms with E-state index in [4.69, 9.17) is 0 Å². The first-order valence-corrected chi connectivity index (χ1v) is 8.66. The lowest BCUT2D eigenvalue weighted by molar-refractivity contribution is -0.131. The molecule has 0 saturated carbocycles. The monoisotopic (exact) mass is 316 g/mol. The minimum Gasteiger partial charge on any atom is -0.343 e. The maximum Gasteiger partial charge on any atom is 0.224 e. The van der Waals surface area contributed by atoms with E-state index in [9.17, 15) is 17.6 Å². The van der Waals surface area contributed by atoms with Crippen molar-refractivity contribution in [3.05, 3.63) is 35.6 Å². The highest BCUT2D eigenvalue weighted by atomic mass is 32.2. The predicted molar refractivity (Wildman–Crippen MR) is 79.7 cm³/mol. The van der Waals surface area contributed by atoms with E-state index in [0.29, 0.717) is 18.7 Å². The Bertz CT molecular complexity index is 568. The van der Waals surface area contributed by atoms with E-state index in [1.807, 2.05) is 13.8 Å². The number of benzene rings is 1. The van der Waals surface area contributed by atoms with E-state index in [-0.39, 0.29) is 12.3 Å². The molecule has 0 aliphatic rings. The van der Waals surface area contributed by atoms with Crippen LogP contribution in [0.5, 0.6) is 0 Å². The van der Waals surface area contributed by atoms with Crippen LogP contribution < -0.4 is 4.72 Å². The lowest BCUT2D eigenvalue weighted by Crippen LogP contribution is -2.36. The number of carbonyl (C=O) groups is 1. The maximum atomic E-state index is 13.0. The summed E-state index contributed by atoms with van der Waals surface area (Å²) in [4.78, 5) is 13.8. The van der Waals surface area contributed by atoms with Crippen molar-refractivity contribution in [2.75, 3.05) is 19.3 Å². The summed E-state index contributed by atoms with van der Waals surface area (Å²) in [5.41, 5.74) is 0.558. The van der Waals surface area contributed by atoms with Crippen LogP contribution in [0.3, 0.4) is 0 Å². The Morgan fingerprint density at radius 3 is 2.19 bits per heavy atom. The van der Waals surface area contributed by atoms with Crippen molar-refractivity contribution >= 4 is 15.9 Å². The van der Waals surface area contributed by atoms with Gasteiger partial charge < -0.3 is 4.90 Å². The summed E-state index contributed by atoms with van der Waals surface area (Å²) < 4.78 is 38.3. The van der Waals surface area contributed by atoms with Crippen LogP contribution in [-0.2, 0) is 14.8 Å². The summed E-state index contributed by atoms with van der Waals surface area (Å²) in [5, 5.41) is 0. The van der Waals surface area contributed by atoms with Crippen LogP contribution in [0.15, 0.2) is 24.3 Å². The number of nitrogens with zero attached hydrogens (tertiary/aromatic N) is 1. The molecule has 1 atom stereocenters. The van der Waals surface area contributed by atoms with Gasteiger partial charge in [0.2, 0.25) is 15.9 Å². The molecule has 1 aromatic carbocycles. The Labute approximate surface area is 125 Å². The molecular formula is C14H21FN2O3S. The molecule has 0 aromatic heterocycles. The van der Waals surface area contributed by atoms with Crippen molar-refractivity contribution in [2.45, 2.75) is 26.3 Å². The van der Waals surface area contributed by atoms with Gasteiger partial charge in [-0.05, 0) is 31.5 Å². The molecule has 0 aliphatic carbocycles. The van der Waals surface area contributed by atoms with Crippen molar-refractivity contribution < 1.29 is 17.6 Å². The summed E-state index contributed by atoms with van der Waals surface area (Å²) >= 11 is 0. The summed E-state index contributed by atoms with van der Waals surface area (Å²) in [6.07, 6.45) is 1.03. The number of halogens is 1. The third-order valence-corrected chi connectivity index (χ3v) is 3.84. The first-order chi connectivity index (χ1) is 9.76. The smallest absolute Gasteiger partial charge is 0.224 e. The molecule has 0 unspecified atom stereocenters. The molecule has 0 bridgehead atoms. The van der Waals surface area contributed by atoms with Crippen LogP contribution in [0, 0.1) is 5.82 Å². The molecule has 1 aromatic rings. The Kier molecular flexibility index (Phi) is 6.29. The van der Waals surface area contributed by atoms with Crippen LogP contribution in [0.1, 0.15) is 31.9 Å². The standard InChI is InChI=1S/C14H21FN2O3S/c1-4-17(5-2)14(18)10-13(16-21(3,19)20)11-6-8-12(15)9-7-11/h6-9,13,16H,4-5,10H2,1-3H3/t13-/m1/s1. The first kappa shape index (κ1) is 17.6. The van der Waals surface area contributed by atoms with Gasteiger partial charge in [0.05, 0.1) is 12.3 Å². The van der Waals surface area contributed by atoms with Gasteiger partial charge in [-0.3, -0.25) is 4.79 Å². The third-order valence-electron chi connectivity index (χ3n) is 3.12. The molecule has 0 spiro atoms. The fourth-order valence-electron chi connectivity index (χ4n) is 2.06. The summed E-state index contributed by atoms with van der Waals surface area (Å²) in [7, 11) is -3.48. The lowest BCUT2D eigenvalue weighted by Gasteiger charge is -2.23. The summed E-state index contributed by atoms with van der Waals surface area (Å²) in [6.45, 7) is 4.84. The second-order valence-corrected chi connectivity index (χ2v) is 6.54. The molecule has 1 N–H and O–H groups in total. The first-order valence-electron chi connectivity index (χ1n) is 6.77. The van der Waals surface area contributed by atoms with Crippen LogP contribution in [-0.4, -0.2) is 38.6 Å². The van der Waals surface area contributed by atoms with Gasteiger partial charge in [0, 0.05) is 19.5 Å². The highest BCUT2D eigenvalue weighted by Gasteiger charge is 2.22. The quantitative estimate of drug-likeness (QED) is 0.832. The molecular weight excluding hydrogens is 295 g/mol. The van der Waals surface area contributed by atoms with Crippen LogP contribution in [0.4, 0.5) is 4.39 Å². The van der Waals surface area contributed by atoms with Crippen molar-refractivity contribution in [1.29, 1.82) is 0 Å². The van der Waals surface area contributed by atoms with Gasteiger partial charge in [-0.15, -0.1) is 0 Å². The average Bonchev–Trinajstić information content (AvgIpc) is 2.38. The second-order valence-electron chi connectivity index (χ2n) is 4.76. The topological polar surface area (TPSA) is 66.5 Å². The minimum absolute atomic E-state index is 0.000379. The zero-order valence-corrected chi connectivity index (χ0v) is 13.3. The van der Waals surface area contributed by atoms with E-state index < -0.39 is 21.9 Å². The zero-order chi connectivity index (χ0) is 16.0. The normalized spacial score (nSPS) is 13.0. The van der Waals surface area contributed by atoms with Crippen LogP contribution in [0.25, 0.3) is 0 Å². The summed E-state index contributed by atoms with van der Waals surface area (Å²) in [6, 6.07) is 4.75. The molecule has 0 aliphatic heterocycles. The van der Waals surface area contributed by atoms with Crippen LogP contribution in [0.2, 0.25) is 0 Å². The van der Waals surface area contributed by atoms with Crippen LogP contribution >= 0.6 is 0 Å². The van der Waals surface area contributed by atoms with E-state index >= 15 is 0 Å².